The molecule has 1 aromatic rings. The van der Waals surface area contributed by atoms with Gasteiger partial charge in [0.1, 0.15) is 0 Å². The number of ether oxygens (including phenoxy) is 1. The zero-order chi connectivity index (χ0) is 16.2. The molecule has 2 rings (SSSR count). The summed E-state index contributed by atoms with van der Waals surface area (Å²) < 4.78 is 32.0. The molecule has 0 radical (unpaired) electrons. The largest absolute Gasteiger partial charge is 0.385 e. The normalized spacial score (nSPS) is 14.8. The Balaban J connectivity index is 2.10. The lowest BCUT2D eigenvalue weighted by Gasteiger charge is -2.11. The molecular formula is C15H22N2O4S. The lowest BCUT2D eigenvalue weighted by Crippen LogP contribution is -2.28. The van der Waals surface area contributed by atoms with Gasteiger partial charge < -0.3 is 10.1 Å². The summed E-state index contributed by atoms with van der Waals surface area (Å²) in [5.41, 5.74) is 1.13. The summed E-state index contributed by atoms with van der Waals surface area (Å²) in [6.07, 6.45) is 2.46. The zero-order valence-corrected chi connectivity index (χ0v) is 13.7. The third-order valence-corrected chi connectivity index (χ3v) is 4.99. The monoisotopic (exact) mass is 326 g/mol. The van der Waals surface area contributed by atoms with E-state index >= 15 is 0 Å². The smallest absolute Gasteiger partial charge is 0.251 e. The number of sulfonamides is 1. The maximum Gasteiger partial charge on any atom is 0.251 e. The molecule has 0 spiro atoms. The summed E-state index contributed by atoms with van der Waals surface area (Å²) in [4.78, 5) is 12.3. The van der Waals surface area contributed by atoms with Crippen molar-refractivity contribution in [2.75, 3.05) is 20.3 Å². The molecule has 1 amide bonds. The molecule has 1 aromatic carbocycles. The Hall–Kier alpha value is -1.44. The maximum absolute atomic E-state index is 12.2. The van der Waals surface area contributed by atoms with Gasteiger partial charge in [-0.05, 0) is 43.9 Å². The van der Waals surface area contributed by atoms with Crippen molar-refractivity contribution in [2.45, 2.75) is 37.1 Å². The van der Waals surface area contributed by atoms with Crippen molar-refractivity contribution in [3.8, 4) is 0 Å². The van der Waals surface area contributed by atoms with Gasteiger partial charge in [-0.2, -0.15) is 0 Å². The molecule has 1 saturated carbocycles. The van der Waals surface area contributed by atoms with Gasteiger partial charge in [0.25, 0.3) is 5.91 Å². The van der Waals surface area contributed by atoms with Crippen molar-refractivity contribution in [2.24, 2.45) is 0 Å². The number of hydrogen-bond acceptors (Lipinski definition) is 4. The van der Waals surface area contributed by atoms with Gasteiger partial charge in [-0.25, -0.2) is 13.1 Å². The topological polar surface area (TPSA) is 84.5 Å². The highest BCUT2D eigenvalue weighted by Gasteiger charge is 2.28. The molecule has 1 aliphatic carbocycles. The summed E-state index contributed by atoms with van der Waals surface area (Å²) in [6, 6.07) is 4.66. The molecule has 1 fully saturated rings. The van der Waals surface area contributed by atoms with Gasteiger partial charge in [0, 0.05) is 31.9 Å². The minimum atomic E-state index is -3.55. The number of nitrogens with one attached hydrogen (secondary N) is 2. The van der Waals surface area contributed by atoms with Crippen molar-refractivity contribution in [1.82, 2.24) is 10.0 Å². The molecular weight excluding hydrogens is 304 g/mol. The van der Waals surface area contributed by atoms with Crippen molar-refractivity contribution in [1.29, 1.82) is 0 Å². The Kier molecular flexibility index (Phi) is 5.55. The van der Waals surface area contributed by atoms with Gasteiger partial charge in [-0.15, -0.1) is 0 Å². The van der Waals surface area contributed by atoms with Crippen LogP contribution in [0, 0.1) is 6.92 Å². The summed E-state index contributed by atoms with van der Waals surface area (Å²) in [5, 5.41) is 2.77. The molecule has 0 aliphatic heterocycles. The van der Waals surface area contributed by atoms with Crippen LogP contribution in [0.3, 0.4) is 0 Å². The van der Waals surface area contributed by atoms with E-state index in [4.69, 9.17) is 4.74 Å². The molecule has 122 valence electrons. The second-order valence-electron chi connectivity index (χ2n) is 5.47. The van der Waals surface area contributed by atoms with Gasteiger partial charge >= 0.3 is 0 Å². The second kappa shape index (κ2) is 7.21. The Bertz CT molecular complexity index is 639. The molecule has 0 heterocycles. The van der Waals surface area contributed by atoms with Gasteiger partial charge in [-0.3, -0.25) is 4.79 Å². The Morgan fingerprint density at radius 1 is 1.36 bits per heavy atom. The van der Waals surface area contributed by atoms with Gasteiger partial charge in [0.05, 0.1) is 4.90 Å². The first-order valence-electron chi connectivity index (χ1n) is 7.34. The average Bonchev–Trinajstić information content (AvgIpc) is 3.27. The van der Waals surface area contributed by atoms with Crippen LogP contribution in [-0.2, 0) is 14.8 Å². The molecule has 0 atom stereocenters. The van der Waals surface area contributed by atoms with E-state index in [0.717, 1.165) is 18.4 Å². The lowest BCUT2D eigenvalue weighted by molar-refractivity contribution is 0.0948. The summed E-state index contributed by atoms with van der Waals surface area (Å²) in [6.45, 7) is 2.84. The fourth-order valence-electron chi connectivity index (χ4n) is 2.02. The van der Waals surface area contributed by atoms with Crippen LogP contribution in [0.1, 0.15) is 35.2 Å². The first kappa shape index (κ1) is 16.9. The van der Waals surface area contributed by atoms with E-state index in [2.05, 4.69) is 10.0 Å². The number of amides is 1. The van der Waals surface area contributed by atoms with Crippen molar-refractivity contribution in [3.63, 3.8) is 0 Å². The highest BCUT2D eigenvalue weighted by atomic mass is 32.2. The summed E-state index contributed by atoms with van der Waals surface area (Å²) in [7, 11) is -1.94. The Morgan fingerprint density at radius 2 is 2.09 bits per heavy atom. The molecule has 0 unspecified atom stereocenters. The molecule has 1 aliphatic rings. The van der Waals surface area contributed by atoms with E-state index in [1.165, 1.54) is 12.1 Å². The van der Waals surface area contributed by atoms with E-state index < -0.39 is 10.0 Å². The van der Waals surface area contributed by atoms with Crippen LogP contribution in [0.5, 0.6) is 0 Å². The molecule has 0 bridgehead atoms. The number of carbonyl (C=O) groups excluding carboxylic acids is 1. The Morgan fingerprint density at radius 3 is 2.73 bits per heavy atom. The Labute approximate surface area is 131 Å². The van der Waals surface area contributed by atoms with Gasteiger partial charge in [0.15, 0.2) is 0 Å². The van der Waals surface area contributed by atoms with Crippen LogP contribution in [0.2, 0.25) is 0 Å². The van der Waals surface area contributed by atoms with Crippen molar-refractivity contribution in [3.05, 3.63) is 29.3 Å². The first-order chi connectivity index (χ1) is 10.4. The van der Waals surface area contributed by atoms with E-state index in [1.54, 1.807) is 20.1 Å². The number of aryl methyl sites for hydroxylation is 1. The predicted octanol–water partition coefficient (Wildman–Crippen LogP) is 1.20. The third-order valence-electron chi connectivity index (χ3n) is 3.47. The summed E-state index contributed by atoms with van der Waals surface area (Å²) in [5.74, 6) is -0.267. The fourth-order valence-corrected chi connectivity index (χ4v) is 3.35. The van der Waals surface area contributed by atoms with E-state index in [1.807, 2.05) is 0 Å². The fraction of sp³-hybridized carbons (Fsp3) is 0.533. The van der Waals surface area contributed by atoms with E-state index in [9.17, 15) is 13.2 Å². The van der Waals surface area contributed by atoms with Crippen molar-refractivity contribution >= 4 is 15.9 Å². The third kappa shape index (κ3) is 4.53. The number of carbonyl (C=O) groups is 1. The van der Waals surface area contributed by atoms with Crippen LogP contribution < -0.4 is 10.0 Å². The number of rotatable bonds is 8. The van der Waals surface area contributed by atoms with Gasteiger partial charge in [-0.1, -0.05) is 6.07 Å². The van der Waals surface area contributed by atoms with Crippen LogP contribution in [0.4, 0.5) is 0 Å². The quantitative estimate of drug-likeness (QED) is 0.703. The number of methoxy groups -OCH3 is 1. The minimum Gasteiger partial charge on any atom is -0.385 e. The number of benzene rings is 1. The zero-order valence-electron chi connectivity index (χ0n) is 12.9. The molecule has 22 heavy (non-hydrogen) atoms. The molecule has 0 saturated heterocycles. The molecule has 2 N–H and O–H groups in total. The van der Waals surface area contributed by atoms with Crippen molar-refractivity contribution < 1.29 is 17.9 Å². The van der Waals surface area contributed by atoms with E-state index in [-0.39, 0.29) is 16.8 Å². The standard InChI is InChI=1S/C15H22N2O4S/c1-11-4-7-13(22(19,20)17-12-5-6-12)10-14(11)15(18)16-8-3-9-21-2/h4,7,10,12,17H,3,5-6,8-9H2,1-2H3,(H,16,18). The van der Waals surface area contributed by atoms with Crippen LogP contribution in [0.15, 0.2) is 23.1 Å². The molecule has 7 heteroatoms. The number of hydrogen-bond donors (Lipinski definition) is 2. The minimum absolute atomic E-state index is 0.0395. The molecule has 0 aromatic heterocycles. The maximum atomic E-state index is 12.2. The second-order valence-corrected chi connectivity index (χ2v) is 7.19. The highest BCUT2D eigenvalue weighted by molar-refractivity contribution is 7.89. The average molecular weight is 326 g/mol. The first-order valence-corrected chi connectivity index (χ1v) is 8.82. The van der Waals surface area contributed by atoms with Crippen LogP contribution in [0.25, 0.3) is 0 Å². The predicted molar refractivity (Wildman–Crippen MR) is 83.3 cm³/mol. The van der Waals surface area contributed by atoms with Crippen LogP contribution >= 0.6 is 0 Å². The SMILES string of the molecule is COCCCNC(=O)c1cc(S(=O)(=O)NC2CC2)ccc1C. The highest BCUT2D eigenvalue weighted by Crippen LogP contribution is 2.23. The van der Waals surface area contributed by atoms with Crippen LogP contribution in [-0.4, -0.2) is 40.6 Å². The summed E-state index contributed by atoms with van der Waals surface area (Å²) >= 11 is 0. The van der Waals surface area contributed by atoms with E-state index in [0.29, 0.717) is 25.1 Å². The lowest BCUT2D eigenvalue weighted by atomic mass is 10.1. The van der Waals surface area contributed by atoms with Gasteiger partial charge in [0.2, 0.25) is 10.0 Å². The molecule has 6 nitrogen and oxygen atoms in total.